The lowest BCUT2D eigenvalue weighted by Gasteiger charge is -2.21. The van der Waals surface area contributed by atoms with Gasteiger partial charge in [0.25, 0.3) is 0 Å². The first-order valence-corrected chi connectivity index (χ1v) is 6.34. The van der Waals surface area contributed by atoms with Gasteiger partial charge in [-0.15, -0.1) is 0 Å². The molecule has 0 fully saturated rings. The van der Waals surface area contributed by atoms with E-state index in [1.54, 1.807) is 19.9 Å². The third-order valence-corrected chi connectivity index (χ3v) is 3.03. The van der Waals surface area contributed by atoms with Gasteiger partial charge in [0.1, 0.15) is 5.67 Å². The Labute approximate surface area is 107 Å². The lowest BCUT2D eigenvalue weighted by atomic mass is 9.92. The Bertz CT molecular complexity index is 427. The number of hydrogen-bond donors (Lipinski definition) is 1. The van der Waals surface area contributed by atoms with E-state index in [9.17, 15) is 4.39 Å². The van der Waals surface area contributed by atoms with Gasteiger partial charge in [-0.1, -0.05) is 0 Å². The lowest BCUT2D eigenvalue weighted by Crippen LogP contribution is -2.15. The molecule has 0 spiro atoms. The second kappa shape index (κ2) is 5.14. The highest BCUT2D eigenvalue weighted by Gasteiger charge is 2.25. The number of rotatable bonds is 3. The average Bonchev–Trinajstić information content (AvgIpc) is 2.51. The molecule has 1 aromatic carbocycles. The zero-order valence-electron chi connectivity index (χ0n) is 11.0. The highest BCUT2D eigenvalue weighted by atomic mass is 19.1. The maximum atomic E-state index is 14.2. The van der Waals surface area contributed by atoms with Crippen LogP contribution in [-0.4, -0.2) is 19.8 Å². The van der Waals surface area contributed by atoms with Crippen LogP contribution in [-0.2, 0) is 12.1 Å². The molecule has 0 unspecified atom stereocenters. The van der Waals surface area contributed by atoms with Gasteiger partial charge >= 0.3 is 0 Å². The van der Waals surface area contributed by atoms with Crippen molar-refractivity contribution in [2.75, 3.05) is 19.8 Å². The highest BCUT2D eigenvalue weighted by molar-refractivity contribution is 5.49. The zero-order valence-corrected chi connectivity index (χ0v) is 11.0. The second-order valence-electron chi connectivity index (χ2n) is 5.02. The molecule has 18 heavy (non-hydrogen) atoms. The fraction of sp³-hybridized carbons (Fsp3) is 0.571. The molecule has 1 aliphatic heterocycles. The molecule has 1 aromatic rings. The fourth-order valence-corrected chi connectivity index (χ4v) is 2.17. The molecule has 1 heterocycles. The van der Waals surface area contributed by atoms with Crippen molar-refractivity contribution in [2.24, 2.45) is 5.73 Å². The molecule has 2 N–H and O–H groups in total. The molecule has 0 saturated carbocycles. The Morgan fingerprint density at radius 1 is 1.22 bits per heavy atom. The van der Waals surface area contributed by atoms with Crippen LogP contribution in [0, 0.1) is 0 Å². The Morgan fingerprint density at radius 3 is 2.39 bits per heavy atom. The fourth-order valence-electron chi connectivity index (χ4n) is 2.17. The zero-order chi connectivity index (χ0) is 13.2. The first-order chi connectivity index (χ1) is 8.52. The molecule has 0 saturated heterocycles. The van der Waals surface area contributed by atoms with E-state index >= 15 is 0 Å². The molecular formula is C14H20FNO2. The quantitative estimate of drug-likeness (QED) is 0.900. The Kier molecular flexibility index (Phi) is 3.76. The number of ether oxygens (including phenoxy) is 2. The number of halogens is 1. The van der Waals surface area contributed by atoms with Crippen molar-refractivity contribution >= 4 is 0 Å². The van der Waals surface area contributed by atoms with Crippen LogP contribution in [0.2, 0.25) is 0 Å². The van der Waals surface area contributed by atoms with Crippen molar-refractivity contribution in [3.05, 3.63) is 23.3 Å². The van der Waals surface area contributed by atoms with Gasteiger partial charge in [-0.2, -0.15) is 0 Å². The van der Waals surface area contributed by atoms with E-state index in [2.05, 4.69) is 0 Å². The molecule has 1 aliphatic rings. The average molecular weight is 253 g/mol. The number of alkyl halides is 1. The normalized spacial score (nSPS) is 15.3. The van der Waals surface area contributed by atoms with Gasteiger partial charge in [0, 0.05) is 6.42 Å². The van der Waals surface area contributed by atoms with Gasteiger partial charge in [0.15, 0.2) is 11.5 Å². The van der Waals surface area contributed by atoms with Crippen LogP contribution in [0.25, 0.3) is 0 Å². The Balaban J connectivity index is 2.47. The molecular weight excluding hydrogens is 233 g/mol. The first kappa shape index (κ1) is 13.1. The van der Waals surface area contributed by atoms with Crippen molar-refractivity contribution in [3.63, 3.8) is 0 Å². The van der Waals surface area contributed by atoms with Crippen LogP contribution in [0.15, 0.2) is 12.1 Å². The summed E-state index contributed by atoms with van der Waals surface area (Å²) >= 11 is 0. The molecule has 0 radical (unpaired) electrons. The van der Waals surface area contributed by atoms with E-state index < -0.39 is 5.67 Å². The monoisotopic (exact) mass is 253 g/mol. The molecule has 0 aliphatic carbocycles. The molecule has 0 aromatic heterocycles. The summed E-state index contributed by atoms with van der Waals surface area (Å²) in [7, 11) is 0. The van der Waals surface area contributed by atoms with Gasteiger partial charge in [-0.05, 0) is 50.1 Å². The van der Waals surface area contributed by atoms with Crippen LogP contribution in [0.3, 0.4) is 0 Å². The smallest absolute Gasteiger partial charge is 0.161 e. The van der Waals surface area contributed by atoms with Gasteiger partial charge in [0.05, 0.1) is 13.2 Å². The van der Waals surface area contributed by atoms with Crippen LogP contribution >= 0.6 is 0 Å². The summed E-state index contributed by atoms with van der Waals surface area (Å²) in [5.74, 6) is 1.33. The minimum atomic E-state index is -1.41. The molecule has 0 bridgehead atoms. The summed E-state index contributed by atoms with van der Waals surface area (Å²) in [5, 5.41) is 0. The molecule has 4 heteroatoms. The van der Waals surface area contributed by atoms with Crippen molar-refractivity contribution in [2.45, 2.75) is 32.4 Å². The Morgan fingerprint density at radius 2 is 1.83 bits per heavy atom. The maximum Gasteiger partial charge on any atom is 0.161 e. The molecule has 0 atom stereocenters. The second-order valence-corrected chi connectivity index (χ2v) is 5.02. The van der Waals surface area contributed by atoms with E-state index in [-0.39, 0.29) is 0 Å². The number of hydrogen-bond acceptors (Lipinski definition) is 3. The molecule has 100 valence electrons. The predicted octanol–water partition coefficient (Wildman–Crippen LogP) is 2.55. The van der Waals surface area contributed by atoms with Gasteiger partial charge in [0.2, 0.25) is 0 Å². The SMILES string of the molecule is CC(C)(F)c1cc2c(cc1CCN)OCCCO2. The molecule has 0 amide bonds. The van der Waals surface area contributed by atoms with Crippen LogP contribution in [0.5, 0.6) is 11.5 Å². The summed E-state index contributed by atoms with van der Waals surface area (Å²) in [6.07, 6.45) is 1.48. The van der Waals surface area contributed by atoms with E-state index in [0.29, 0.717) is 43.2 Å². The number of benzene rings is 1. The summed E-state index contributed by atoms with van der Waals surface area (Å²) in [6, 6.07) is 3.62. The summed E-state index contributed by atoms with van der Waals surface area (Å²) in [4.78, 5) is 0. The number of fused-ring (bicyclic) bond motifs is 1. The van der Waals surface area contributed by atoms with Crippen LogP contribution < -0.4 is 15.2 Å². The third-order valence-electron chi connectivity index (χ3n) is 3.03. The highest BCUT2D eigenvalue weighted by Crippen LogP contribution is 2.38. The largest absolute Gasteiger partial charge is 0.490 e. The number of nitrogens with two attached hydrogens (primary N) is 1. The standard InChI is InChI=1S/C14H20FNO2/c1-14(2,15)11-9-13-12(8-10(11)4-5-16)17-6-3-7-18-13/h8-9H,3-7,16H2,1-2H3. The summed E-state index contributed by atoms with van der Waals surface area (Å²) in [5.41, 5.74) is 5.71. The van der Waals surface area contributed by atoms with Gasteiger partial charge < -0.3 is 15.2 Å². The lowest BCUT2D eigenvalue weighted by molar-refractivity contribution is 0.218. The van der Waals surface area contributed by atoms with Crippen molar-refractivity contribution in [1.29, 1.82) is 0 Å². The van der Waals surface area contributed by atoms with Crippen LogP contribution in [0.4, 0.5) is 4.39 Å². The summed E-state index contributed by atoms with van der Waals surface area (Å²) in [6.45, 7) is 4.82. The first-order valence-electron chi connectivity index (χ1n) is 6.34. The topological polar surface area (TPSA) is 44.5 Å². The minimum Gasteiger partial charge on any atom is -0.490 e. The predicted molar refractivity (Wildman–Crippen MR) is 68.9 cm³/mol. The van der Waals surface area contributed by atoms with Crippen molar-refractivity contribution in [1.82, 2.24) is 0 Å². The van der Waals surface area contributed by atoms with Gasteiger partial charge in [-0.25, -0.2) is 4.39 Å². The van der Waals surface area contributed by atoms with E-state index in [0.717, 1.165) is 12.0 Å². The van der Waals surface area contributed by atoms with E-state index in [1.807, 2.05) is 6.07 Å². The molecule has 2 rings (SSSR count). The van der Waals surface area contributed by atoms with Crippen molar-refractivity contribution in [3.8, 4) is 11.5 Å². The van der Waals surface area contributed by atoms with Crippen molar-refractivity contribution < 1.29 is 13.9 Å². The van der Waals surface area contributed by atoms with E-state index in [1.165, 1.54) is 0 Å². The van der Waals surface area contributed by atoms with Crippen LogP contribution in [0.1, 0.15) is 31.4 Å². The van der Waals surface area contributed by atoms with E-state index in [4.69, 9.17) is 15.2 Å². The molecule has 3 nitrogen and oxygen atoms in total. The third kappa shape index (κ3) is 2.75. The van der Waals surface area contributed by atoms with Gasteiger partial charge in [-0.3, -0.25) is 0 Å². The Hall–Kier alpha value is -1.29. The minimum absolute atomic E-state index is 0.489. The summed E-state index contributed by atoms with van der Waals surface area (Å²) < 4.78 is 25.4. The maximum absolute atomic E-state index is 14.2.